The molecular formula is C32H32ClFN6O6. The first-order chi connectivity index (χ1) is 22.0. The van der Waals surface area contributed by atoms with Crippen LogP contribution in [0.3, 0.4) is 0 Å². The van der Waals surface area contributed by atoms with Crippen LogP contribution in [-0.4, -0.2) is 74.2 Å². The first-order valence-electron chi connectivity index (χ1n) is 14.8. The fraction of sp³-hybridized carbons (Fsp3) is 0.344. The number of carboxylic acids is 1. The predicted molar refractivity (Wildman–Crippen MR) is 169 cm³/mol. The van der Waals surface area contributed by atoms with E-state index in [2.05, 4.69) is 15.3 Å². The van der Waals surface area contributed by atoms with E-state index in [1.165, 1.54) is 24.3 Å². The summed E-state index contributed by atoms with van der Waals surface area (Å²) in [6.07, 6.45) is 4.11. The second kappa shape index (κ2) is 12.6. The Morgan fingerprint density at radius 1 is 1.20 bits per heavy atom. The Hall–Kier alpha value is -4.75. The second-order valence-corrected chi connectivity index (χ2v) is 12.0. The largest absolute Gasteiger partial charge is 0.477 e. The van der Waals surface area contributed by atoms with Crippen molar-refractivity contribution in [1.82, 2.24) is 19.4 Å². The first-order valence-corrected chi connectivity index (χ1v) is 15.2. The number of carbonyl (C=O) groups excluding carboxylic acids is 1. The molecule has 2 atom stereocenters. The fourth-order valence-corrected chi connectivity index (χ4v) is 6.06. The molecule has 2 aromatic heterocycles. The van der Waals surface area contributed by atoms with Crippen molar-refractivity contribution < 1.29 is 28.9 Å². The Morgan fingerprint density at radius 3 is 2.61 bits per heavy atom. The van der Waals surface area contributed by atoms with Crippen LogP contribution in [0, 0.1) is 5.82 Å². The molecule has 46 heavy (non-hydrogen) atoms. The van der Waals surface area contributed by atoms with Crippen LogP contribution in [0.5, 0.6) is 11.6 Å². The zero-order valence-corrected chi connectivity index (χ0v) is 25.9. The number of hydrogen-bond donors (Lipinski definition) is 3. The average molecular weight is 651 g/mol. The highest BCUT2D eigenvalue weighted by Gasteiger charge is 2.32. The SMILES string of the molecule is CC(=O)N(C)C[C@H](O)c1ccc(Oc2cc(NC3CCN(c4c(F)cc5c(=O)c(C(=O)O)cn(C6CC6)c5c4Cl)C3)ncn2)cc1. The van der Waals surface area contributed by atoms with Crippen molar-refractivity contribution in [2.45, 2.75) is 44.4 Å². The minimum Gasteiger partial charge on any atom is -0.477 e. The van der Waals surface area contributed by atoms with Crippen molar-refractivity contribution in [2.24, 2.45) is 0 Å². The Bertz CT molecular complexity index is 1880. The topological polar surface area (TPSA) is 150 Å². The highest BCUT2D eigenvalue weighted by atomic mass is 35.5. The number of benzene rings is 2. The number of aromatic carboxylic acids is 1. The monoisotopic (exact) mass is 650 g/mol. The van der Waals surface area contributed by atoms with Crippen LogP contribution in [0.25, 0.3) is 10.9 Å². The van der Waals surface area contributed by atoms with Crippen molar-refractivity contribution in [3.63, 3.8) is 0 Å². The lowest BCUT2D eigenvalue weighted by molar-refractivity contribution is -0.128. The molecule has 1 saturated heterocycles. The summed E-state index contributed by atoms with van der Waals surface area (Å²) in [5.41, 5.74) is -0.0223. The summed E-state index contributed by atoms with van der Waals surface area (Å²) in [4.78, 5) is 47.8. The van der Waals surface area contributed by atoms with Gasteiger partial charge in [-0.25, -0.2) is 19.2 Å². The normalized spacial score (nSPS) is 16.8. The predicted octanol–water partition coefficient (Wildman–Crippen LogP) is 4.61. The number of rotatable bonds is 10. The van der Waals surface area contributed by atoms with Gasteiger partial charge in [0.05, 0.1) is 34.3 Å². The van der Waals surface area contributed by atoms with Crippen LogP contribution in [0.15, 0.2) is 53.7 Å². The van der Waals surface area contributed by atoms with Crippen LogP contribution in [0.2, 0.25) is 5.02 Å². The third-order valence-corrected chi connectivity index (χ3v) is 8.68. The molecule has 0 bridgehead atoms. The number of fused-ring (bicyclic) bond motifs is 1. The van der Waals surface area contributed by atoms with Gasteiger partial charge in [-0.15, -0.1) is 0 Å². The van der Waals surface area contributed by atoms with Gasteiger partial charge in [-0.1, -0.05) is 23.7 Å². The van der Waals surface area contributed by atoms with E-state index in [4.69, 9.17) is 16.3 Å². The smallest absolute Gasteiger partial charge is 0.341 e. The van der Waals surface area contributed by atoms with E-state index in [0.717, 1.165) is 18.9 Å². The molecule has 1 amide bonds. The number of ether oxygens (including phenoxy) is 1. The van der Waals surface area contributed by atoms with Gasteiger partial charge in [0, 0.05) is 51.4 Å². The number of amides is 1. The van der Waals surface area contributed by atoms with E-state index >= 15 is 4.39 Å². The van der Waals surface area contributed by atoms with Crippen LogP contribution in [-0.2, 0) is 4.79 Å². The Morgan fingerprint density at radius 2 is 1.93 bits per heavy atom. The molecule has 6 rings (SSSR count). The molecule has 14 heteroatoms. The highest BCUT2D eigenvalue weighted by molar-refractivity contribution is 6.38. The number of carbonyl (C=O) groups is 2. The number of anilines is 2. The lowest BCUT2D eigenvalue weighted by Gasteiger charge is -2.23. The molecule has 2 fully saturated rings. The summed E-state index contributed by atoms with van der Waals surface area (Å²) in [7, 11) is 1.62. The zero-order chi connectivity index (χ0) is 32.7. The third-order valence-electron chi connectivity index (χ3n) is 8.32. The molecule has 4 aromatic rings. The van der Waals surface area contributed by atoms with Gasteiger partial charge in [0.15, 0.2) is 0 Å². The summed E-state index contributed by atoms with van der Waals surface area (Å²) in [6.45, 7) is 2.48. The van der Waals surface area contributed by atoms with Gasteiger partial charge in [-0.2, -0.15) is 0 Å². The van der Waals surface area contributed by atoms with E-state index in [-0.39, 0.29) is 40.6 Å². The van der Waals surface area contributed by atoms with Gasteiger partial charge in [0.25, 0.3) is 0 Å². The van der Waals surface area contributed by atoms with E-state index in [9.17, 15) is 24.6 Å². The maximum Gasteiger partial charge on any atom is 0.341 e. The van der Waals surface area contributed by atoms with E-state index < -0.39 is 28.9 Å². The molecule has 0 spiro atoms. The Balaban J connectivity index is 1.15. The lowest BCUT2D eigenvalue weighted by Crippen LogP contribution is -2.28. The van der Waals surface area contributed by atoms with Crippen molar-refractivity contribution in [2.75, 3.05) is 36.9 Å². The molecule has 1 aliphatic heterocycles. The number of aliphatic hydroxyl groups is 1. The summed E-state index contributed by atoms with van der Waals surface area (Å²) >= 11 is 6.80. The number of nitrogens with one attached hydrogen (secondary N) is 1. The van der Waals surface area contributed by atoms with Gasteiger partial charge in [-0.3, -0.25) is 9.59 Å². The number of aromatic nitrogens is 3. The number of nitrogens with zero attached hydrogens (tertiary/aromatic N) is 5. The molecule has 1 aliphatic carbocycles. The molecular weight excluding hydrogens is 619 g/mol. The van der Waals surface area contributed by atoms with Crippen LogP contribution in [0.1, 0.15) is 54.3 Å². The van der Waals surface area contributed by atoms with Gasteiger partial charge >= 0.3 is 5.97 Å². The molecule has 1 unspecified atom stereocenters. The zero-order valence-electron chi connectivity index (χ0n) is 25.1. The average Bonchev–Trinajstić information content (AvgIpc) is 3.76. The van der Waals surface area contributed by atoms with Crippen molar-refractivity contribution in [1.29, 1.82) is 0 Å². The van der Waals surface area contributed by atoms with Gasteiger partial charge in [0.2, 0.25) is 17.2 Å². The molecule has 2 aromatic carbocycles. The number of halogens is 2. The third kappa shape index (κ3) is 6.33. The van der Waals surface area contributed by atoms with Gasteiger partial charge in [0.1, 0.15) is 29.3 Å². The van der Waals surface area contributed by atoms with Gasteiger partial charge < -0.3 is 34.6 Å². The number of aliphatic hydroxyl groups excluding tert-OH is 1. The summed E-state index contributed by atoms with van der Waals surface area (Å²) in [5.74, 6) is -0.905. The standard InChI is InChI=1S/C32H32ClFN6O6/c1-17(41)38(2)15-25(42)18-3-7-21(8-4-18)46-27-12-26(35-16-36-27)37-19-9-10-39(13-19)30-24(34)11-22-29(28(30)33)40(20-5-6-20)14-23(31(22)43)32(44)45/h3-4,7-8,11-12,14,16,19-20,25,42H,5-6,9-10,13,15H2,1-2H3,(H,44,45)(H,35,36,37)/t19?,25-/m0/s1. The van der Waals surface area contributed by atoms with Crippen LogP contribution in [0.4, 0.5) is 15.9 Å². The van der Waals surface area contributed by atoms with E-state index in [0.29, 0.717) is 48.0 Å². The fourth-order valence-electron chi connectivity index (χ4n) is 5.65. The van der Waals surface area contributed by atoms with Crippen molar-refractivity contribution >= 4 is 45.9 Å². The molecule has 12 nitrogen and oxygen atoms in total. The second-order valence-electron chi connectivity index (χ2n) is 11.6. The minimum absolute atomic E-state index is 0.00322. The summed E-state index contributed by atoms with van der Waals surface area (Å²) in [5, 5.41) is 23.3. The van der Waals surface area contributed by atoms with Crippen LogP contribution >= 0.6 is 11.6 Å². The van der Waals surface area contributed by atoms with Crippen molar-refractivity contribution in [3.05, 3.63) is 81.1 Å². The van der Waals surface area contributed by atoms with Crippen molar-refractivity contribution in [3.8, 4) is 11.6 Å². The summed E-state index contributed by atoms with van der Waals surface area (Å²) in [6, 6.07) is 9.45. The number of likely N-dealkylation sites (N-methyl/N-ethyl adjacent to an activating group) is 1. The van der Waals surface area contributed by atoms with Crippen LogP contribution < -0.4 is 20.4 Å². The molecule has 3 heterocycles. The molecule has 0 radical (unpaired) electrons. The minimum atomic E-state index is -1.36. The first kappa shape index (κ1) is 31.2. The number of hydrogen-bond acceptors (Lipinski definition) is 9. The van der Waals surface area contributed by atoms with E-state index in [1.807, 2.05) is 4.90 Å². The number of carboxylic acid groups (broad SMARTS) is 1. The van der Waals surface area contributed by atoms with E-state index in [1.54, 1.807) is 41.9 Å². The molecule has 3 N–H and O–H groups in total. The molecule has 2 aliphatic rings. The molecule has 240 valence electrons. The maximum absolute atomic E-state index is 15.6. The highest BCUT2D eigenvalue weighted by Crippen LogP contribution is 2.42. The Kier molecular flexibility index (Phi) is 8.53. The number of pyridine rings is 1. The summed E-state index contributed by atoms with van der Waals surface area (Å²) < 4.78 is 23.1. The molecule has 1 saturated carbocycles. The quantitative estimate of drug-likeness (QED) is 0.222. The lowest BCUT2D eigenvalue weighted by atomic mass is 10.1. The Labute approximate surface area is 268 Å². The maximum atomic E-state index is 15.6. The van der Waals surface area contributed by atoms with Gasteiger partial charge in [-0.05, 0) is 43.0 Å².